The van der Waals surface area contributed by atoms with Gasteiger partial charge in [0.15, 0.2) is 0 Å². The summed E-state index contributed by atoms with van der Waals surface area (Å²) in [7, 11) is -3.86. The Morgan fingerprint density at radius 1 is 1.06 bits per heavy atom. The fourth-order valence-corrected chi connectivity index (χ4v) is 5.23. The van der Waals surface area contributed by atoms with Gasteiger partial charge in [0.25, 0.3) is 10.0 Å². The summed E-state index contributed by atoms with van der Waals surface area (Å²) in [5, 5.41) is 9.84. The molecule has 3 aromatic rings. The Balaban J connectivity index is 1.55. The molecule has 2 N–H and O–H groups in total. The number of hydrogen-bond acceptors (Lipinski definition) is 6. The van der Waals surface area contributed by atoms with E-state index in [0.717, 1.165) is 11.3 Å². The summed E-state index contributed by atoms with van der Waals surface area (Å²) in [6, 6.07) is 16.2. The Labute approximate surface area is 199 Å². The molecule has 0 aliphatic carbocycles. The van der Waals surface area contributed by atoms with E-state index in [2.05, 4.69) is 46.7 Å². The van der Waals surface area contributed by atoms with Crippen molar-refractivity contribution >= 4 is 33.2 Å². The Kier molecular flexibility index (Phi) is 6.47. The fourth-order valence-electron chi connectivity index (χ4n) is 4.19. The Bertz CT molecular complexity index is 1310. The molecule has 0 saturated carbocycles. The summed E-state index contributed by atoms with van der Waals surface area (Å²) < 4.78 is 27.9. The zero-order valence-corrected chi connectivity index (χ0v) is 20.2. The van der Waals surface area contributed by atoms with Crippen molar-refractivity contribution in [1.29, 1.82) is 0 Å². The molecule has 178 valence electrons. The van der Waals surface area contributed by atoms with Gasteiger partial charge >= 0.3 is 5.97 Å². The number of carboxylic acid groups (broad SMARTS) is 1. The minimum absolute atomic E-state index is 0.0414. The van der Waals surface area contributed by atoms with Crippen LogP contribution >= 0.6 is 0 Å². The van der Waals surface area contributed by atoms with Gasteiger partial charge in [-0.05, 0) is 56.7 Å². The summed E-state index contributed by atoms with van der Waals surface area (Å²) in [6.45, 7) is 7.93. The van der Waals surface area contributed by atoms with Crippen LogP contribution in [0.3, 0.4) is 0 Å². The molecule has 9 heteroatoms. The lowest BCUT2D eigenvalue weighted by molar-refractivity contribution is 0.0697. The average molecular weight is 481 g/mol. The van der Waals surface area contributed by atoms with Gasteiger partial charge in [-0.3, -0.25) is 4.72 Å². The number of benzene rings is 2. The van der Waals surface area contributed by atoms with Gasteiger partial charge in [-0.1, -0.05) is 29.8 Å². The van der Waals surface area contributed by atoms with Crippen LogP contribution in [0.1, 0.15) is 28.4 Å². The third-order valence-corrected chi connectivity index (χ3v) is 7.34. The fraction of sp³-hybridized carbons (Fsp3) is 0.280. The summed E-state index contributed by atoms with van der Waals surface area (Å²) in [5.41, 5.74) is 3.33. The summed E-state index contributed by atoms with van der Waals surface area (Å²) >= 11 is 0. The number of hydrogen-bond donors (Lipinski definition) is 2. The maximum Gasteiger partial charge on any atom is 0.339 e. The number of carboxylic acids is 1. The van der Waals surface area contributed by atoms with Crippen LogP contribution in [0.2, 0.25) is 0 Å². The van der Waals surface area contributed by atoms with Crippen molar-refractivity contribution in [2.45, 2.75) is 31.7 Å². The van der Waals surface area contributed by atoms with Gasteiger partial charge in [0.1, 0.15) is 11.4 Å². The number of piperazine rings is 1. The lowest BCUT2D eigenvalue weighted by Crippen LogP contribution is -2.52. The monoisotopic (exact) mass is 480 g/mol. The quantitative estimate of drug-likeness (QED) is 0.551. The largest absolute Gasteiger partial charge is 0.478 e. The first-order chi connectivity index (χ1) is 16.1. The van der Waals surface area contributed by atoms with E-state index in [9.17, 15) is 18.3 Å². The molecule has 0 bridgehead atoms. The number of carbonyl (C=O) groups is 1. The highest BCUT2D eigenvalue weighted by molar-refractivity contribution is 7.92. The maximum atomic E-state index is 12.7. The van der Waals surface area contributed by atoms with Gasteiger partial charge in [0, 0.05) is 31.4 Å². The molecule has 1 saturated heterocycles. The highest BCUT2D eigenvalue weighted by Crippen LogP contribution is 2.28. The van der Waals surface area contributed by atoms with Crippen molar-refractivity contribution in [2.24, 2.45) is 0 Å². The molecule has 4 rings (SSSR count). The second-order valence-corrected chi connectivity index (χ2v) is 10.3. The Hall–Kier alpha value is -3.59. The lowest BCUT2D eigenvalue weighted by Gasteiger charge is -2.42. The highest BCUT2D eigenvalue weighted by atomic mass is 32.2. The molecule has 1 atom stereocenters. The number of aromatic carboxylic acids is 1. The number of nitrogens with zero attached hydrogens (tertiary/aromatic N) is 3. The molecule has 1 fully saturated rings. The lowest BCUT2D eigenvalue weighted by atomic mass is 10.1. The molecule has 2 aromatic carbocycles. The molecule has 34 heavy (non-hydrogen) atoms. The van der Waals surface area contributed by atoms with Crippen LogP contribution in [0.4, 0.5) is 17.2 Å². The van der Waals surface area contributed by atoms with Crippen LogP contribution in [-0.4, -0.2) is 50.2 Å². The molecule has 0 spiro atoms. The number of rotatable bonds is 6. The molecular formula is C25H28N4O4S. The van der Waals surface area contributed by atoms with Crippen LogP contribution in [0.25, 0.3) is 0 Å². The minimum Gasteiger partial charge on any atom is -0.478 e. The van der Waals surface area contributed by atoms with Gasteiger partial charge in [0.05, 0.1) is 16.8 Å². The van der Waals surface area contributed by atoms with E-state index in [-0.39, 0.29) is 22.2 Å². The number of sulfonamides is 1. The van der Waals surface area contributed by atoms with E-state index in [1.54, 1.807) is 12.1 Å². The Morgan fingerprint density at radius 2 is 1.79 bits per heavy atom. The first kappa shape index (κ1) is 23.6. The minimum atomic E-state index is -3.86. The van der Waals surface area contributed by atoms with Crippen molar-refractivity contribution in [1.82, 2.24) is 4.98 Å². The van der Waals surface area contributed by atoms with E-state index >= 15 is 0 Å². The van der Waals surface area contributed by atoms with Gasteiger partial charge in [0.2, 0.25) is 0 Å². The third-order valence-electron chi connectivity index (χ3n) is 5.94. The molecule has 1 aliphatic rings. The van der Waals surface area contributed by atoms with E-state index in [0.29, 0.717) is 25.5 Å². The smallest absolute Gasteiger partial charge is 0.339 e. The molecule has 0 unspecified atom stereocenters. The van der Waals surface area contributed by atoms with Crippen molar-refractivity contribution in [3.63, 3.8) is 0 Å². The van der Waals surface area contributed by atoms with Crippen LogP contribution < -0.4 is 14.5 Å². The number of pyridine rings is 1. The SMILES string of the molecule is Cc1ccc(S(=O)(=O)Nc2cnc(N3CCN(c4cccc(C)c4)[C@H](C)C3)c(C(=O)O)c2)cc1. The maximum absolute atomic E-state index is 12.7. The third kappa shape index (κ3) is 4.99. The van der Waals surface area contributed by atoms with Crippen molar-refractivity contribution in [3.8, 4) is 0 Å². The van der Waals surface area contributed by atoms with E-state index in [1.165, 1.54) is 30.0 Å². The predicted octanol–water partition coefficient (Wildman–Crippen LogP) is 3.91. The molecule has 2 heterocycles. The normalized spacial score (nSPS) is 16.4. The summed E-state index contributed by atoms with van der Waals surface area (Å²) in [5.74, 6) is -0.825. The topological polar surface area (TPSA) is 103 Å². The zero-order valence-electron chi connectivity index (χ0n) is 19.4. The van der Waals surface area contributed by atoms with Gasteiger partial charge in [-0.15, -0.1) is 0 Å². The second-order valence-electron chi connectivity index (χ2n) is 8.65. The predicted molar refractivity (Wildman–Crippen MR) is 133 cm³/mol. The standard InChI is InChI=1S/C25H28N4O4S/c1-17-7-9-22(10-8-17)34(32,33)27-20-14-23(25(30)31)24(26-15-20)28-11-12-29(19(3)16-28)21-6-4-5-18(2)13-21/h4-10,13-15,19,27H,11-12,16H2,1-3H3,(H,30,31)/t19-/m1/s1. The molecule has 0 amide bonds. The summed E-state index contributed by atoms with van der Waals surface area (Å²) in [4.78, 5) is 20.7. The van der Waals surface area contributed by atoms with Crippen LogP contribution in [-0.2, 0) is 10.0 Å². The molecule has 0 radical (unpaired) electrons. The number of nitrogens with one attached hydrogen (secondary N) is 1. The second kappa shape index (κ2) is 9.34. The van der Waals surface area contributed by atoms with Crippen LogP contribution in [0.15, 0.2) is 65.7 Å². The van der Waals surface area contributed by atoms with Crippen LogP contribution in [0.5, 0.6) is 0 Å². The first-order valence-corrected chi connectivity index (χ1v) is 12.5. The van der Waals surface area contributed by atoms with E-state index in [4.69, 9.17) is 0 Å². The van der Waals surface area contributed by atoms with E-state index in [1.807, 2.05) is 17.9 Å². The molecule has 1 aliphatic heterocycles. The van der Waals surface area contributed by atoms with Gasteiger partial charge < -0.3 is 14.9 Å². The number of aromatic nitrogens is 1. The van der Waals surface area contributed by atoms with Crippen LogP contribution in [0, 0.1) is 13.8 Å². The van der Waals surface area contributed by atoms with Crippen molar-refractivity contribution in [2.75, 3.05) is 34.2 Å². The average Bonchev–Trinajstić information content (AvgIpc) is 2.79. The van der Waals surface area contributed by atoms with E-state index < -0.39 is 16.0 Å². The molecule has 8 nitrogen and oxygen atoms in total. The number of anilines is 3. The van der Waals surface area contributed by atoms with Gasteiger partial charge in [-0.2, -0.15) is 0 Å². The highest BCUT2D eigenvalue weighted by Gasteiger charge is 2.28. The van der Waals surface area contributed by atoms with Crippen molar-refractivity contribution in [3.05, 3.63) is 77.5 Å². The molecule has 1 aromatic heterocycles. The Morgan fingerprint density at radius 3 is 2.44 bits per heavy atom. The van der Waals surface area contributed by atoms with Gasteiger partial charge in [-0.25, -0.2) is 18.2 Å². The molecular weight excluding hydrogens is 452 g/mol. The zero-order chi connectivity index (χ0) is 24.5. The number of aryl methyl sites for hydroxylation is 2. The first-order valence-electron chi connectivity index (χ1n) is 11.0. The van der Waals surface area contributed by atoms with Crippen molar-refractivity contribution < 1.29 is 18.3 Å². The summed E-state index contributed by atoms with van der Waals surface area (Å²) in [6.07, 6.45) is 1.37.